The maximum atomic E-state index is 13.7. The Kier molecular flexibility index (Phi) is 6.71. The first-order valence-corrected chi connectivity index (χ1v) is 15.1. The predicted octanol–water partition coefficient (Wildman–Crippen LogP) is 3.78. The van der Waals surface area contributed by atoms with Gasteiger partial charge in [-0.3, -0.25) is 0 Å². The van der Waals surface area contributed by atoms with Gasteiger partial charge in [-0.05, 0) is 55.8 Å². The van der Waals surface area contributed by atoms with Gasteiger partial charge in [0.15, 0.2) is 10.1 Å². The van der Waals surface area contributed by atoms with Crippen molar-refractivity contribution in [2.45, 2.75) is 39.8 Å². The molecule has 0 amide bonds. The topological polar surface area (TPSA) is 132 Å². The zero-order valence-corrected chi connectivity index (χ0v) is 22.2. The van der Waals surface area contributed by atoms with Crippen LogP contribution in [0.3, 0.4) is 0 Å². The smallest absolute Gasteiger partial charge is 0.243 e. The van der Waals surface area contributed by atoms with Crippen LogP contribution in [0.4, 0.5) is 13.2 Å². The highest BCUT2D eigenvalue weighted by atomic mass is 32.2. The van der Waals surface area contributed by atoms with Crippen molar-refractivity contribution in [2.75, 3.05) is 0 Å². The summed E-state index contributed by atoms with van der Waals surface area (Å²) in [6.07, 6.45) is 1.25. The van der Waals surface area contributed by atoms with E-state index in [4.69, 9.17) is 0 Å². The zero-order chi connectivity index (χ0) is 28.1. The van der Waals surface area contributed by atoms with E-state index in [-0.39, 0.29) is 21.0 Å². The Morgan fingerprint density at radius 3 is 2.00 bits per heavy atom. The van der Waals surface area contributed by atoms with Crippen molar-refractivity contribution >= 4 is 40.8 Å². The molecule has 15 heteroatoms. The van der Waals surface area contributed by atoms with Gasteiger partial charge in [-0.15, -0.1) is 0 Å². The summed E-state index contributed by atoms with van der Waals surface area (Å²) in [6, 6.07) is 15.9. The number of pyridine rings is 1. The highest BCUT2D eigenvalue weighted by Crippen LogP contribution is 2.33. The molecule has 0 aliphatic rings. The van der Waals surface area contributed by atoms with Crippen LogP contribution in [0.5, 0.6) is 0 Å². The summed E-state index contributed by atoms with van der Waals surface area (Å²) >= 11 is 0. The maximum absolute atomic E-state index is 13.7. The Morgan fingerprint density at radius 2 is 1.42 bits per heavy atom. The van der Waals surface area contributed by atoms with Crippen LogP contribution in [0.25, 0.3) is 10.9 Å². The molecule has 38 heavy (non-hydrogen) atoms. The third-order valence-electron chi connectivity index (χ3n) is 5.63. The molecule has 2 heterocycles. The Morgan fingerprint density at radius 1 is 0.816 bits per heavy atom. The van der Waals surface area contributed by atoms with Gasteiger partial charge >= 0.3 is 15.5 Å². The van der Waals surface area contributed by atoms with Crippen molar-refractivity contribution in [1.82, 2.24) is 13.7 Å². The monoisotopic (exact) mass is 587 g/mol. The fourth-order valence-electron chi connectivity index (χ4n) is 3.76. The number of nitrogens with one attached hydrogen (secondary N) is 1. The second-order valence-corrected chi connectivity index (χ2v) is 14.0. The van der Waals surface area contributed by atoms with Gasteiger partial charge in [0.25, 0.3) is 10.0 Å². The van der Waals surface area contributed by atoms with Crippen LogP contribution in [-0.4, -0.2) is 39.7 Å². The van der Waals surface area contributed by atoms with E-state index in [1.165, 1.54) is 56.4 Å². The number of nitrogens with zero attached hydrogens (tertiary/aromatic N) is 2. The van der Waals surface area contributed by atoms with Gasteiger partial charge in [0.2, 0.25) is 9.84 Å². The molecule has 4 aromatic rings. The lowest BCUT2D eigenvalue weighted by atomic mass is 9.96. The second-order valence-electron chi connectivity index (χ2n) is 8.68. The van der Waals surface area contributed by atoms with Crippen LogP contribution in [0.1, 0.15) is 19.4 Å². The molecule has 0 saturated heterocycles. The minimum atomic E-state index is -5.69. The number of sulfone groups is 1. The maximum Gasteiger partial charge on any atom is 0.511 e. The Hall–Kier alpha value is -3.27. The fraction of sp³-hybridized carbons (Fsp3) is 0.174. The van der Waals surface area contributed by atoms with Crippen molar-refractivity contribution in [3.05, 3.63) is 84.6 Å². The molecule has 0 unspecified atom stereocenters. The van der Waals surface area contributed by atoms with E-state index in [2.05, 4.69) is 4.98 Å². The number of halogens is 3. The number of benzene rings is 2. The average Bonchev–Trinajstić information content (AvgIpc) is 3.25. The molecule has 4 rings (SSSR count). The lowest BCUT2D eigenvalue weighted by Crippen LogP contribution is -2.46. The number of sulfonamides is 1. The lowest BCUT2D eigenvalue weighted by Gasteiger charge is -2.27. The number of fused-ring (bicyclic) bond motifs is 1. The summed E-state index contributed by atoms with van der Waals surface area (Å²) in [4.78, 5) is 3.49. The molecular formula is C23H20F3N3O6S3. The Balaban J connectivity index is 1.82. The van der Waals surface area contributed by atoms with E-state index < -0.39 is 46.0 Å². The fourth-order valence-corrected chi connectivity index (χ4v) is 7.93. The summed E-state index contributed by atoms with van der Waals surface area (Å²) in [5, 5.41) is -0.633. The average molecular weight is 588 g/mol. The van der Waals surface area contributed by atoms with Crippen molar-refractivity contribution in [3.8, 4) is 0 Å². The number of para-hydroxylation sites is 1. The molecule has 0 bridgehead atoms. The first-order valence-electron chi connectivity index (χ1n) is 10.7. The molecule has 202 valence electrons. The summed E-state index contributed by atoms with van der Waals surface area (Å²) < 4.78 is 118. The van der Waals surface area contributed by atoms with Gasteiger partial charge in [-0.2, -0.15) is 26.3 Å². The highest BCUT2D eigenvalue weighted by Gasteiger charge is 2.48. The van der Waals surface area contributed by atoms with E-state index in [1.807, 2.05) is 0 Å². The molecule has 0 spiro atoms. The summed E-state index contributed by atoms with van der Waals surface area (Å²) in [5.41, 5.74) is -7.17. The molecular weight excluding hydrogens is 567 g/mol. The van der Waals surface area contributed by atoms with Crippen LogP contribution in [0.2, 0.25) is 0 Å². The number of alkyl halides is 3. The normalized spacial score (nSPS) is 13.6. The van der Waals surface area contributed by atoms with Gasteiger partial charge < -0.3 is 0 Å². The number of rotatable bonds is 7. The molecule has 0 atom stereocenters. The molecule has 0 radical (unpaired) electrons. The second kappa shape index (κ2) is 9.18. The van der Waals surface area contributed by atoms with Crippen LogP contribution in [-0.2, 0) is 35.4 Å². The van der Waals surface area contributed by atoms with Gasteiger partial charge in [0.1, 0.15) is 0 Å². The molecule has 0 fully saturated rings. The lowest BCUT2D eigenvalue weighted by molar-refractivity contribution is -0.0455. The Labute approximate surface area is 217 Å². The molecule has 9 nitrogen and oxygen atoms in total. The Bertz CT molecular complexity index is 1830. The SMILES string of the molecule is CC(C)(NS(=O)(=O)C(F)(F)F)c1ccc(S(=O)(=O)c2cc3ccccc3n2S(=O)(=O)c2ccccn2)cc1. The minimum Gasteiger partial charge on any atom is -0.243 e. The molecule has 1 N–H and O–H groups in total. The highest BCUT2D eigenvalue weighted by molar-refractivity contribution is 7.93. The molecule has 2 aromatic carbocycles. The van der Waals surface area contributed by atoms with Gasteiger partial charge in [0.05, 0.1) is 16.0 Å². The molecule has 2 aromatic heterocycles. The standard InChI is InChI=1S/C23H20F3N3O6S3/c1-22(2,28-38(34,35)23(24,25)26)17-10-12-18(13-11-17)36(30,31)21-15-16-7-3-4-8-19(16)29(21)37(32,33)20-9-5-6-14-27-20/h3-15,28H,1-2H3. The van der Waals surface area contributed by atoms with Crippen LogP contribution in [0, 0.1) is 0 Å². The first kappa shape index (κ1) is 27.8. The summed E-state index contributed by atoms with van der Waals surface area (Å²) in [7, 11) is -14.7. The predicted molar refractivity (Wildman–Crippen MR) is 132 cm³/mol. The van der Waals surface area contributed by atoms with Gasteiger partial charge in [0, 0.05) is 11.6 Å². The van der Waals surface area contributed by atoms with Crippen molar-refractivity contribution in [2.24, 2.45) is 0 Å². The largest absolute Gasteiger partial charge is 0.511 e. The summed E-state index contributed by atoms with van der Waals surface area (Å²) in [6.45, 7) is 2.36. The summed E-state index contributed by atoms with van der Waals surface area (Å²) in [5.74, 6) is 0. The third-order valence-corrected chi connectivity index (χ3v) is 10.5. The van der Waals surface area contributed by atoms with Gasteiger partial charge in [-0.25, -0.2) is 25.8 Å². The minimum absolute atomic E-state index is 0.0333. The van der Waals surface area contributed by atoms with Crippen molar-refractivity contribution in [1.29, 1.82) is 0 Å². The van der Waals surface area contributed by atoms with Crippen molar-refractivity contribution < 1.29 is 38.4 Å². The quantitative estimate of drug-likeness (QED) is 0.348. The van der Waals surface area contributed by atoms with E-state index in [9.17, 15) is 38.4 Å². The molecule has 0 saturated carbocycles. The number of hydrogen-bond donors (Lipinski definition) is 1. The molecule has 0 aliphatic heterocycles. The number of hydrogen-bond acceptors (Lipinski definition) is 7. The molecule has 0 aliphatic carbocycles. The van der Waals surface area contributed by atoms with E-state index in [1.54, 1.807) is 16.9 Å². The van der Waals surface area contributed by atoms with Crippen LogP contribution >= 0.6 is 0 Å². The van der Waals surface area contributed by atoms with E-state index >= 15 is 0 Å². The number of aromatic nitrogens is 2. The van der Waals surface area contributed by atoms with Crippen LogP contribution < -0.4 is 4.72 Å². The van der Waals surface area contributed by atoms with Crippen LogP contribution in [0.15, 0.2) is 93.9 Å². The van der Waals surface area contributed by atoms with Gasteiger partial charge in [-0.1, -0.05) is 36.4 Å². The van der Waals surface area contributed by atoms with E-state index in [0.717, 1.165) is 24.3 Å². The van der Waals surface area contributed by atoms with E-state index in [0.29, 0.717) is 9.36 Å². The van der Waals surface area contributed by atoms with Crippen molar-refractivity contribution in [3.63, 3.8) is 0 Å². The zero-order valence-electron chi connectivity index (χ0n) is 19.7. The first-order chi connectivity index (χ1) is 17.5. The third kappa shape index (κ3) is 4.81.